The first-order chi connectivity index (χ1) is 10.4. The van der Waals surface area contributed by atoms with Crippen molar-refractivity contribution in [1.29, 1.82) is 0 Å². The molecule has 1 aromatic rings. The minimum absolute atomic E-state index is 0.0402. The number of carboxylic acids is 1. The van der Waals surface area contributed by atoms with E-state index in [1.165, 1.54) is 0 Å². The zero-order valence-electron chi connectivity index (χ0n) is 12.8. The highest BCUT2D eigenvalue weighted by Gasteiger charge is 2.34. The van der Waals surface area contributed by atoms with E-state index in [4.69, 9.17) is 5.11 Å². The molecule has 1 aromatic carbocycles. The predicted octanol–water partition coefficient (Wildman–Crippen LogP) is 2.25. The van der Waals surface area contributed by atoms with Crippen LogP contribution < -0.4 is 5.32 Å². The van der Waals surface area contributed by atoms with Crippen LogP contribution in [0.15, 0.2) is 18.2 Å². The molecule has 7 nitrogen and oxygen atoms in total. The normalized spacial score (nSPS) is 20.5. The molecule has 1 fully saturated rings. The highest BCUT2D eigenvalue weighted by atomic mass is 16.6. The summed E-state index contributed by atoms with van der Waals surface area (Å²) in [7, 11) is 0. The first-order valence-corrected chi connectivity index (χ1v) is 7.38. The van der Waals surface area contributed by atoms with Gasteiger partial charge in [-0.05, 0) is 32.4 Å². The van der Waals surface area contributed by atoms with Crippen molar-refractivity contribution in [2.24, 2.45) is 0 Å². The largest absolute Gasteiger partial charge is 0.480 e. The molecule has 0 amide bonds. The van der Waals surface area contributed by atoms with E-state index in [1.807, 2.05) is 11.8 Å². The van der Waals surface area contributed by atoms with Crippen molar-refractivity contribution in [3.8, 4) is 0 Å². The maximum atomic E-state index is 11.2. The van der Waals surface area contributed by atoms with Gasteiger partial charge in [0.2, 0.25) is 0 Å². The van der Waals surface area contributed by atoms with Gasteiger partial charge < -0.3 is 10.4 Å². The number of aliphatic carboxylic acids is 1. The number of aryl methyl sites for hydroxylation is 1. The Morgan fingerprint density at radius 2 is 2.18 bits per heavy atom. The Bertz CT molecular complexity index is 570. The monoisotopic (exact) mass is 307 g/mol. The SMILES string of the molecule is CCN(CC(=O)O)C1CC(Nc2cccc(C)c2[N+](=O)[O-])C1. The minimum Gasteiger partial charge on any atom is -0.480 e. The Hall–Kier alpha value is -2.15. The molecule has 22 heavy (non-hydrogen) atoms. The standard InChI is InChI=1S/C15H21N3O4/c1-3-17(9-14(19)20)12-7-11(8-12)16-13-6-4-5-10(2)15(13)18(21)22/h4-6,11-12,16H,3,7-9H2,1-2H3,(H,19,20). The molecule has 0 heterocycles. The van der Waals surface area contributed by atoms with Gasteiger partial charge in [0.15, 0.2) is 0 Å². The molecular formula is C15H21N3O4. The molecule has 0 saturated heterocycles. The summed E-state index contributed by atoms with van der Waals surface area (Å²) in [6.07, 6.45) is 1.60. The van der Waals surface area contributed by atoms with Gasteiger partial charge >= 0.3 is 5.97 Å². The van der Waals surface area contributed by atoms with Crippen molar-refractivity contribution in [3.05, 3.63) is 33.9 Å². The Balaban J connectivity index is 1.97. The molecule has 2 rings (SSSR count). The van der Waals surface area contributed by atoms with Gasteiger partial charge in [0, 0.05) is 17.6 Å². The lowest BCUT2D eigenvalue weighted by Gasteiger charge is -2.42. The Kier molecular flexibility index (Phi) is 4.97. The lowest BCUT2D eigenvalue weighted by Crippen LogP contribution is -2.51. The van der Waals surface area contributed by atoms with Crippen LogP contribution in [0.5, 0.6) is 0 Å². The number of rotatable bonds is 7. The highest BCUT2D eigenvalue weighted by Crippen LogP contribution is 2.33. The number of hydrogen-bond acceptors (Lipinski definition) is 5. The van der Waals surface area contributed by atoms with E-state index in [1.54, 1.807) is 25.1 Å². The minimum atomic E-state index is -0.826. The topological polar surface area (TPSA) is 95.7 Å². The van der Waals surface area contributed by atoms with E-state index >= 15 is 0 Å². The Morgan fingerprint density at radius 3 is 2.73 bits per heavy atom. The average Bonchev–Trinajstić information content (AvgIpc) is 2.39. The quantitative estimate of drug-likeness (QED) is 0.592. The van der Waals surface area contributed by atoms with Crippen LogP contribution in [0, 0.1) is 17.0 Å². The molecule has 0 aliphatic heterocycles. The fourth-order valence-corrected chi connectivity index (χ4v) is 2.91. The number of benzene rings is 1. The van der Waals surface area contributed by atoms with Gasteiger partial charge in [-0.15, -0.1) is 0 Å². The molecule has 0 spiro atoms. The maximum Gasteiger partial charge on any atom is 0.317 e. The number of nitro benzene ring substituents is 1. The summed E-state index contributed by atoms with van der Waals surface area (Å²) in [6.45, 7) is 4.39. The summed E-state index contributed by atoms with van der Waals surface area (Å²) in [5.74, 6) is -0.826. The van der Waals surface area contributed by atoms with E-state index in [2.05, 4.69) is 5.32 Å². The molecule has 1 aliphatic carbocycles. The molecule has 2 N–H and O–H groups in total. The van der Waals surface area contributed by atoms with E-state index < -0.39 is 5.97 Å². The third-order valence-corrected chi connectivity index (χ3v) is 4.15. The number of hydrogen-bond donors (Lipinski definition) is 2. The number of anilines is 1. The zero-order valence-corrected chi connectivity index (χ0v) is 12.8. The Morgan fingerprint density at radius 1 is 1.50 bits per heavy atom. The summed E-state index contributed by atoms with van der Waals surface area (Å²) in [5, 5.41) is 23.3. The molecule has 0 bridgehead atoms. The Labute approximate surface area is 129 Å². The van der Waals surface area contributed by atoms with Gasteiger partial charge in [0.25, 0.3) is 5.69 Å². The summed E-state index contributed by atoms with van der Waals surface area (Å²) in [4.78, 5) is 23.5. The number of nitro groups is 1. The fraction of sp³-hybridized carbons (Fsp3) is 0.533. The van der Waals surface area contributed by atoms with Gasteiger partial charge in [-0.2, -0.15) is 0 Å². The first-order valence-electron chi connectivity index (χ1n) is 7.38. The van der Waals surface area contributed by atoms with Gasteiger partial charge in [-0.3, -0.25) is 19.8 Å². The predicted molar refractivity (Wildman–Crippen MR) is 83.1 cm³/mol. The van der Waals surface area contributed by atoms with Crippen LogP contribution in [-0.2, 0) is 4.79 Å². The van der Waals surface area contributed by atoms with E-state index in [0.29, 0.717) is 17.8 Å². The fourth-order valence-electron chi connectivity index (χ4n) is 2.91. The maximum absolute atomic E-state index is 11.2. The molecule has 120 valence electrons. The number of carboxylic acid groups (broad SMARTS) is 1. The number of nitrogens with one attached hydrogen (secondary N) is 1. The highest BCUT2D eigenvalue weighted by molar-refractivity contribution is 5.69. The van der Waals surface area contributed by atoms with Crippen LogP contribution in [0.3, 0.4) is 0 Å². The number of para-hydroxylation sites is 1. The smallest absolute Gasteiger partial charge is 0.317 e. The van der Waals surface area contributed by atoms with Crippen LogP contribution in [-0.4, -0.2) is 46.1 Å². The van der Waals surface area contributed by atoms with E-state index in [9.17, 15) is 14.9 Å². The van der Waals surface area contributed by atoms with Crippen LogP contribution in [0.25, 0.3) is 0 Å². The molecular weight excluding hydrogens is 286 g/mol. The van der Waals surface area contributed by atoms with Crippen LogP contribution in [0.4, 0.5) is 11.4 Å². The summed E-state index contributed by atoms with van der Waals surface area (Å²) >= 11 is 0. The van der Waals surface area contributed by atoms with Crippen molar-refractivity contribution in [2.75, 3.05) is 18.4 Å². The third-order valence-electron chi connectivity index (χ3n) is 4.15. The third kappa shape index (κ3) is 3.54. The zero-order chi connectivity index (χ0) is 16.3. The molecule has 0 aromatic heterocycles. The van der Waals surface area contributed by atoms with Crippen molar-refractivity contribution in [2.45, 2.75) is 38.8 Å². The summed E-state index contributed by atoms with van der Waals surface area (Å²) in [5.41, 5.74) is 1.28. The van der Waals surface area contributed by atoms with Crippen molar-refractivity contribution >= 4 is 17.3 Å². The number of nitrogens with zero attached hydrogens (tertiary/aromatic N) is 2. The molecule has 0 radical (unpaired) electrons. The molecule has 1 saturated carbocycles. The van der Waals surface area contributed by atoms with Crippen LogP contribution in [0.2, 0.25) is 0 Å². The summed E-state index contributed by atoms with van der Waals surface area (Å²) in [6, 6.07) is 5.60. The lowest BCUT2D eigenvalue weighted by atomic mass is 9.85. The molecule has 0 unspecified atom stereocenters. The van der Waals surface area contributed by atoms with Crippen LogP contribution >= 0.6 is 0 Å². The second-order valence-corrected chi connectivity index (χ2v) is 5.65. The second-order valence-electron chi connectivity index (χ2n) is 5.65. The first kappa shape index (κ1) is 16.2. The second kappa shape index (κ2) is 6.74. The lowest BCUT2D eigenvalue weighted by molar-refractivity contribution is -0.384. The summed E-state index contributed by atoms with van der Waals surface area (Å²) < 4.78 is 0. The van der Waals surface area contributed by atoms with Crippen molar-refractivity contribution in [1.82, 2.24) is 4.90 Å². The van der Waals surface area contributed by atoms with Crippen LogP contribution in [0.1, 0.15) is 25.3 Å². The van der Waals surface area contributed by atoms with E-state index in [-0.39, 0.29) is 29.2 Å². The molecule has 0 atom stereocenters. The molecule has 1 aliphatic rings. The van der Waals surface area contributed by atoms with Crippen molar-refractivity contribution < 1.29 is 14.8 Å². The molecule has 7 heteroatoms. The van der Waals surface area contributed by atoms with Gasteiger partial charge in [-0.1, -0.05) is 19.1 Å². The number of carbonyl (C=O) groups is 1. The van der Waals surface area contributed by atoms with E-state index in [0.717, 1.165) is 12.8 Å². The number of likely N-dealkylation sites (N-methyl/N-ethyl adjacent to an activating group) is 1. The van der Waals surface area contributed by atoms with Crippen molar-refractivity contribution in [3.63, 3.8) is 0 Å². The van der Waals surface area contributed by atoms with Gasteiger partial charge in [0.1, 0.15) is 5.69 Å². The average molecular weight is 307 g/mol. The van der Waals surface area contributed by atoms with Gasteiger partial charge in [0.05, 0.1) is 11.5 Å². The van der Waals surface area contributed by atoms with Gasteiger partial charge in [-0.25, -0.2) is 0 Å².